The summed E-state index contributed by atoms with van der Waals surface area (Å²) in [5.41, 5.74) is 1.11. The average Bonchev–Trinajstić information content (AvgIpc) is 2.18. The Morgan fingerprint density at radius 1 is 1.56 bits per heavy atom. The smallest absolute Gasteiger partial charge is 0.248 e. The molecule has 1 N–H and O–H groups in total. The third-order valence-corrected chi connectivity index (χ3v) is 2.37. The van der Waals surface area contributed by atoms with Crippen molar-refractivity contribution in [3.8, 4) is 0 Å². The van der Waals surface area contributed by atoms with Crippen LogP contribution in [0.25, 0.3) is 0 Å². The molecule has 4 nitrogen and oxygen atoms in total. The highest BCUT2D eigenvalue weighted by Crippen LogP contribution is 2.04. The number of amides is 1. The third-order valence-electron chi connectivity index (χ3n) is 2.37. The second kappa shape index (κ2) is 5.46. The van der Waals surface area contributed by atoms with Crippen molar-refractivity contribution >= 4 is 5.91 Å². The highest BCUT2D eigenvalue weighted by molar-refractivity contribution is 5.78. The Morgan fingerprint density at radius 2 is 2.25 bits per heavy atom. The molecule has 0 saturated carbocycles. The van der Waals surface area contributed by atoms with Gasteiger partial charge in [-0.25, -0.2) is 0 Å². The molecule has 0 aromatic carbocycles. The minimum atomic E-state index is 0.0585. The van der Waals surface area contributed by atoms with E-state index in [1.54, 1.807) is 4.90 Å². The van der Waals surface area contributed by atoms with Crippen LogP contribution in [0.4, 0.5) is 0 Å². The molecule has 92 valence electrons. The summed E-state index contributed by atoms with van der Waals surface area (Å²) in [6, 6.07) is 0. The molecular weight excluding hydrogens is 204 g/mol. The molecule has 1 saturated heterocycles. The lowest BCUT2D eigenvalue weighted by Crippen LogP contribution is -2.44. The van der Waals surface area contributed by atoms with Crippen LogP contribution in [0.3, 0.4) is 0 Å². The first-order valence-corrected chi connectivity index (χ1v) is 5.66. The molecule has 1 heterocycles. The van der Waals surface area contributed by atoms with Crippen molar-refractivity contribution in [2.45, 2.75) is 26.3 Å². The fraction of sp³-hybridized carbons (Fsp3) is 0.750. The van der Waals surface area contributed by atoms with E-state index in [1.807, 2.05) is 0 Å². The lowest BCUT2D eigenvalue weighted by molar-refractivity contribution is -0.142. The van der Waals surface area contributed by atoms with Gasteiger partial charge in [0.15, 0.2) is 0 Å². The summed E-state index contributed by atoms with van der Waals surface area (Å²) in [6.07, 6.45) is 0. The molecule has 0 aromatic rings. The fourth-order valence-electron chi connectivity index (χ4n) is 1.43. The molecule has 1 rings (SSSR count). The fourth-order valence-corrected chi connectivity index (χ4v) is 1.43. The van der Waals surface area contributed by atoms with Crippen molar-refractivity contribution in [1.29, 1.82) is 0 Å². The Labute approximate surface area is 97.6 Å². The normalized spacial score (nSPS) is 17.7. The van der Waals surface area contributed by atoms with Gasteiger partial charge in [-0.3, -0.25) is 4.79 Å². The van der Waals surface area contributed by atoms with E-state index in [0.29, 0.717) is 19.7 Å². The quantitative estimate of drug-likeness (QED) is 0.721. The summed E-state index contributed by atoms with van der Waals surface area (Å²) >= 11 is 0. The van der Waals surface area contributed by atoms with Gasteiger partial charge >= 0.3 is 0 Å². The van der Waals surface area contributed by atoms with Gasteiger partial charge in [-0.05, 0) is 26.3 Å². The maximum absolute atomic E-state index is 11.5. The molecule has 0 radical (unpaired) electrons. The molecule has 1 fully saturated rings. The lowest BCUT2D eigenvalue weighted by atomic mass is 10.1. The van der Waals surface area contributed by atoms with Crippen molar-refractivity contribution in [3.05, 3.63) is 12.2 Å². The molecule has 16 heavy (non-hydrogen) atoms. The number of ether oxygens (including phenoxy) is 1. The average molecular weight is 226 g/mol. The number of hydrogen-bond donors (Lipinski definition) is 1. The van der Waals surface area contributed by atoms with Gasteiger partial charge in [0.2, 0.25) is 5.91 Å². The molecule has 0 unspecified atom stereocenters. The monoisotopic (exact) mass is 226 g/mol. The maximum Gasteiger partial charge on any atom is 0.248 e. The van der Waals surface area contributed by atoms with Crippen LogP contribution in [0.1, 0.15) is 20.8 Å². The minimum Gasteiger partial charge on any atom is -0.370 e. The van der Waals surface area contributed by atoms with Gasteiger partial charge in [0.25, 0.3) is 0 Å². The van der Waals surface area contributed by atoms with E-state index < -0.39 is 0 Å². The van der Waals surface area contributed by atoms with Crippen LogP contribution in [0.5, 0.6) is 0 Å². The van der Waals surface area contributed by atoms with Crippen LogP contribution in [0.2, 0.25) is 0 Å². The van der Waals surface area contributed by atoms with E-state index in [1.165, 1.54) is 0 Å². The molecule has 0 atom stereocenters. The first kappa shape index (κ1) is 13.2. The summed E-state index contributed by atoms with van der Waals surface area (Å²) in [7, 11) is 0. The van der Waals surface area contributed by atoms with E-state index >= 15 is 0 Å². The van der Waals surface area contributed by atoms with Crippen molar-refractivity contribution in [2.75, 3.05) is 32.8 Å². The third kappa shape index (κ3) is 4.77. The molecule has 0 bridgehead atoms. The predicted octanol–water partition coefficient (Wildman–Crippen LogP) is 0.790. The maximum atomic E-state index is 11.5. The largest absolute Gasteiger partial charge is 0.370 e. The van der Waals surface area contributed by atoms with Crippen LogP contribution in [0, 0.1) is 0 Å². The van der Waals surface area contributed by atoms with Gasteiger partial charge in [-0.15, -0.1) is 0 Å². The standard InChI is InChI=1S/C12H22N2O2/c1-10(7-13-12(2,3)4)8-14-5-6-16-9-11(14)15/h13H,1,5-9H2,2-4H3. The molecular formula is C12H22N2O2. The Balaban J connectivity index is 2.30. The summed E-state index contributed by atoms with van der Waals surface area (Å²) in [5.74, 6) is 0.0585. The number of nitrogens with zero attached hydrogens (tertiary/aromatic N) is 1. The Hall–Kier alpha value is -0.870. The predicted molar refractivity (Wildman–Crippen MR) is 64.3 cm³/mol. The van der Waals surface area contributed by atoms with Crippen molar-refractivity contribution in [3.63, 3.8) is 0 Å². The lowest BCUT2D eigenvalue weighted by Gasteiger charge is -2.28. The van der Waals surface area contributed by atoms with E-state index in [-0.39, 0.29) is 18.1 Å². The summed E-state index contributed by atoms with van der Waals surface area (Å²) in [6.45, 7) is 13.2. The zero-order valence-electron chi connectivity index (χ0n) is 10.5. The molecule has 0 aliphatic carbocycles. The Kier molecular flexibility index (Phi) is 4.50. The van der Waals surface area contributed by atoms with Crippen LogP contribution < -0.4 is 5.32 Å². The molecule has 1 aliphatic heterocycles. The van der Waals surface area contributed by atoms with Crippen LogP contribution in [0.15, 0.2) is 12.2 Å². The second-order valence-electron chi connectivity index (χ2n) is 5.22. The van der Waals surface area contributed by atoms with Gasteiger partial charge in [0.05, 0.1) is 6.61 Å². The van der Waals surface area contributed by atoms with E-state index in [4.69, 9.17) is 4.74 Å². The van der Waals surface area contributed by atoms with E-state index in [9.17, 15) is 4.79 Å². The van der Waals surface area contributed by atoms with Gasteiger partial charge in [0, 0.05) is 25.2 Å². The highest BCUT2D eigenvalue weighted by Gasteiger charge is 2.19. The first-order valence-electron chi connectivity index (χ1n) is 5.66. The van der Waals surface area contributed by atoms with Gasteiger partial charge in [0.1, 0.15) is 6.61 Å². The van der Waals surface area contributed by atoms with Crippen LogP contribution in [-0.4, -0.2) is 49.2 Å². The zero-order valence-corrected chi connectivity index (χ0v) is 10.5. The highest BCUT2D eigenvalue weighted by atomic mass is 16.5. The number of nitrogens with one attached hydrogen (secondary N) is 1. The SMILES string of the molecule is C=C(CNC(C)(C)C)CN1CCOCC1=O. The van der Waals surface area contributed by atoms with Crippen LogP contribution >= 0.6 is 0 Å². The summed E-state index contributed by atoms with van der Waals surface area (Å²) in [5, 5.41) is 3.36. The van der Waals surface area contributed by atoms with E-state index in [0.717, 1.165) is 12.1 Å². The summed E-state index contributed by atoms with van der Waals surface area (Å²) in [4.78, 5) is 13.3. The number of hydrogen-bond acceptors (Lipinski definition) is 3. The molecule has 0 aromatic heterocycles. The Morgan fingerprint density at radius 3 is 2.81 bits per heavy atom. The van der Waals surface area contributed by atoms with Crippen molar-refractivity contribution in [2.24, 2.45) is 0 Å². The number of carbonyl (C=O) groups is 1. The topological polar surface area (TPSA) is 41.6 Å². The first-order chi connectivity index (χ1) is 7.38. The summed E-state index contributed by atoms with van der Waals surface area (Å²) < 4.78 is 5.07. The Bertz CT molecular complexity index is 269. The zero-order chi connectivity index (χ0) is 12.2. The number of morpholine rings is 1. The number of rotatable bonds is 4. The molecule has 4 heteroatoms. The molecule has 1 aliphatic rings. The van der Waals surface area contributed by atoms with Crippen molar-refractivity contribution < 1.29 is 9.53 Å². The van der Waals surface area contributed by atoms with E-state index in [2.05, 4.69) is 32.7 Å². The van der Waals surface area contributed by atoms with Gasteiger partial charge < -0.3 is 15.0 Å². The number of carbonyl (C=O) groups excluding carboxylic acids is 1. The minimum absolute atomic E-state index is 0.0585. The molecule has 0 spiro atoms. The van der Waals surface area contributed by atoms with Gasteiger partial charge in [-0.1, -0.05) is 6.58 Å². The van der Waals surface area contributed by atoms with Crippen LogP contribution in [-0.2, 0) is 9.53 Å². The second-order valence-corrected chi connectivity index (χ2v) is 5.22. The van der Waals surface area contributed by atoms with Crippen molar-refractivity contribution in [1.82, 2.24) is 10.2 Å². The van der Waals surface area contributed by atoms with Gasteiger partial charge in [-0.2, -0.15) is 0 Å². The molecule has 1 amide bonds.